The molecule has 12 rings (SSSR count). The first-order valence-electron chi connectivity index (χ1n) is 17.9. The van der Waals surface area contributed by atoms with Crippen LogP contribution in [0, 0.1) is 0 Å². The molecule has 240 valence electrons. The minimum absolute atomic E-state index is 0.976. The lowest BCUT2D eigenvalue weighted by atomic mass is 10.00. The molecule has 0 atom stereocenters. The van der Waals surface area contributed by atoms with E-state index < -0.39 is 0 Å². The van der Waals surface area contributed by atoms with E-state index in [1.54, 1.807) is 0 Å². The Morgan fingerprint density at radius 2 is 1.02 bits per heavy atom. The fraction of sp³-hybridized carbons (Fsp3) is 0. The second kappa shape index (κ2) is 10.3. The lowest BCUT2D eigenvalue weighted by Crippen LogP contribution is -2.00. The first-order chi connectivity index (χ1) is 25.8. The van der Waals surface area contributed by atoms with E-state index >= 15 is 0 Å². The van der Waals surface area contributed by atoms with Gasteiger partial charge < -0.3 is 4.57 Å². The summed E-state index contributed by atoms with van der Waals surface area (Å²) in [7, 11) is 0. The minimum atomic E-state index is 0.976. The average molecular weight is 660 g/mol. The van der Waals surface area contributed by atoms with Gasteiger partial charge in [0, 0.05) is 55.2 Å². The van der Waals surface area contributed by atoms with Gasteiger partial charge in [-0.05, 0) is 75.7 Å². The van der Waals surface area contributed by atoms with E-state index in [-0.39, 0.29) is 0 Å². The molecule has 3 nitrogen and oxygen atoms in total. The van der Waals surface area contributed by atoms with Crippen molar-refractivity contribution in [3.05, 3.63) is 176 Å². The van der Waals surface area contributed by atoms with Crippen molar-refractivity contribution in [2.75, 3.05) is 0 Å². The molecule has 11 aromatic rings. The molecule has 0 spiro atoms. The second-order valence-corrected chi connectivity index (χ2v) is 13.9. The third-order valence-electron chi connectivity index (χ3n) is 11.3. The van der Waals surface area contributed by atoms with Crippen LogP contribution in [0.1, 0.15) is 0 Å². The highest BCUT2D eigenvalue weighted by Crippen LogP contribution is 2.50. The summed E-state index contributed by atoms with van der Waals surface area (Å²) in [5, 5.41) is 9.85. The Balaban J connectivity index is 1.14. The highest BCUT2D eigenvalue weighted by atomic mass is 15.1. The maximum Gasteiger partial charge on any atom is 0.146 e. The summed E-state index contributed by atoms with van der Waals surface area (Å²) in [6.45, 7) is 0. The van der Waals surface area contributed by atoms with Crippen molar-refractivity contribution in [3.63, 3.8) is 0 Å². The number of hydrogen-bond acceptors (Lipinski definition) is 1. The summed E-state index contributed by atoms with van der Waals surface area (Å²) in [6.07, 6.45) is 2.06. The zero-order valence-corrected chi connectivity index (χ0v) is 28.1. The quantitative estimate of drug-likeness (QED) is 0.185. The molecule has 0 N–H and O–H groups in total. The molecule has 0 radical (unpaired) electrons. The third-order valence-corrected chi connectivity index (χ3v) is 11.3. The molecule has 3 aromatic heterocycles. The summed E-state index contributed by atoms with van der Waals surface area (Å²) in [4.78, 5) is 5.29. The maximum atomic E-state index is 5.29. The van der Waals surface area contributed by atoms with Crippen LogP contribution in [0.2, 0.25) is 0 Å². The van der Waals surface area contributed by atoms with Gasteiger partial charge in [0.05, 0.1) is 22.1 Å². The zero-order valence-electron chi connectivity index (χ0n) is 28.1. The van der Waals surface area contributed by atoms with Crippen LogP contribution in [0.5, 0.6) is 0 Å². The van der Waals surface area contributed by atoms with Gasteiger partial charge in [-0.2, -0.15) is 0 Å². The molecule has 1 aliphatic rings. The lowest BCUT2D eigenvalue weighted by Gasteiger charge is -2.14. The number of fused-ring (bicyclic) bond motifs is 11. The van der Waals surface area contributed by atoms with E-state index in [1.807, 2.05) is 0 Å². The second-order valence-electron chi connectivity index (χ2n) is 13.9. The molecular formula is C49H29N3. The van der Waals surface area contributed by atoms with E-state index in [0.717, 1.165) is 11.3 Å². The van der Waals surface area contributed by atoms with Crippen molar-refractivity contribution in [3.8, 4) is 44.9 Å². The average Bonchev–Trinajstić information content (AvgIpc) is 3.85. The van der Waals surface area contributed by atoms with Gasteiger partial charge in [-0.3, -0.25) is 4.57 Å². The topological polar surface area (TPSA) is 22.8 Å². The van der Waals surface area contributed by atoms with Crippen molar-refractivity contribution < 1.29 is 0 Å². The zero-order chi connectivity index (χ0) is 33.9. The van der Waals surface area contributed by atoms with Gasteiger partial charge in [-0.15, -0.1) is 0 Å². The van der Waals surface area contributed by atoms with Gasteiger partial charge in [-0.1, -0.05) is 127 Å². The predicted molar refractivity (Wildman–Crippen MR) is 218 cm³/mol. The van der Waals surface area contributed by atoms with Crippen molar-refractivity contribution in [2.24, 2.45) is 0 Å². The van der Waals surface area contributed by atoms with Crippen LogP contribution in [0.4, 0.5) is 0 Å². The number of para-hydroxylation sites is 2. The molecule has 0 saturated carbocycles. The van der Waals surface area contributed by atoms with E-state index in [9.17, 15) is 0 Å². The number of rotatable bonds is 3. The fourth-order valence-corrected chi connectivity index (χ4v) is 9.04. The number of aromatic nitrogens is 3. The molecule has 3 heterocycles. The van der Waals surface area contributed by atoms with Crippen LogP contribution in [0.25, 0.3) is 110 Å². The summed E-state index contributed by atoms with van der Waals surface area (Å²) >= 11 is 0. The number of hydrogen-bond donors (Lipinski definition) is 0. The third kappa shape index (κ3) is 3.66. The minimum Gasteiger partial charge on any atom is -0.309 e. The number of pyridine rings is 1. The highest BCUT2D eigenvalue weighted by molar-refractivity contribution is 6.22. The molecular weight excluding hydrogens is 631 g/mol. The van der Waals surface area contributed by atoms with Gasteiger partial charge >= 0.3 is 0 Å². The van der Waals surface area contributed by atoms with Gasteiger partial charge in [-0.25, -0.2) is 4.98 Å². The molecule has 0 amide bonds. The predicted octanol–water partition coefficient (Wildman–Crippen LogP) is 12.9. The monoisotopic (exact) mass is 659 g/mol. The first kappa shape index (κ1) is 27.8. The van der Waals surface area contributed by atoms with E-state index in [0.29, 0.717) is 0 Å². The fourth-order valence-electron chi connectivity index (χ4n) is 9.04. The smallest absolute Gasteiger partial charge is 0.146 e. The van der Waals surface area contributed by atoms with Crippen molar-refractivity contribution in [2.45, 2.75) is 0 Å². The van der Waals surface area contributed by atoms with Crippen LogP contribution in [0.3, 0.4) is 0 Å². The molecule has 0 unspecified atom stereocenters. The van der Waals surface area contributed by atoms with Crippen molar-refractivity contribution in [1.82, 2.24) is 14.1 Å². The van der Waals surface area contributed by atoms with Crippen LogP contribution in [0.15, 0.2) is 176 Å². The number of benzene rings is 8. The Hall–Kier alpha value is -6.97. The summed E-state index contributed by atoms with van der Waals surface area (Å²) in [6, 6.07) is 62.0. The first-order valence-corrected chi connectivity index (χ1v) is 17.9. The van der Waals surface area contributed by atoms with Crippen molar-refractivity contribution in [1.29, 1.82) is 0 Å². The van der Waals surface area contributed by atoms with Crippen LogP contribution >= 0.6 is 0 Å². The summed E-state index contributed by atoms with van der Waals surface area (Å²) in [5.74, 6) is 0.976. The van der Waals surface area contributed by atoms with Crippen LogP contribution < -0.4 is 0 Å². The van der Waals surface area contributed by atoms with Gasteiger partial charge in [0.1, 0.15) is 5.82 Å². The van der Waals surface area contributed by atoms with Gasteiger partial charge in [0.2, 0.25) is 0 Å². The van der Waals surface area contributed by atoms with E-state index in [2.05, 4.69) is 185 Å². The maximum absolute atomic E-state index is 5.29. The molecule has 1 aliphatic carbocycles. The normalized spacial score (nSPS) is 12.2. The molecule has 0 bridgehead atoms. The molecule has 0 aliphatic heterocycles. The molecule has 0 fully saturated rings. The Morgan fingerprint density at radius 1 is 0.385 bits per heavy atom. The van der Waals surface area contributed by atoms with Gasteiger partial charge in [0.25, 0.3) is 0 Å². The van der Waals surface area contributed by atoms with Crippen LogP contribution in [-0.4, -0.2) is 14.1 Å². The number of nitrogens with zero attached hydrogens (tertiary/aromatic N) is 3. The Morgan fingerprint density at radius 3 is 1.87 bits per heavy atom. The Labute approximate surface area is 299 Å². The van der Waals surface area contributed by atoms with E-state index in [1.165, 1.54) is 98.7 Å². The molecule has 52 heavy (non-hydrogen) atoms. The Kier molecular flexibility index (Phi) is 5.50. The molecule has 3 heteroatoms. The Bertz CT molecular complexity index is 3290. The lowest BCUT2D eigenvalue weighted by molar-refractivity contribution is 1.10. The van der Waals surface area contributed by atoms with E-state index in [4.69, 9.17) is 4.98 Å². The van der Waals surface area contributed by atoms with Gasteiger partial charge in [0.15, 0.2) is 0 Å². The standard InChI is InChI=1S/C49H29N3/c1-2-13-34(14-3-1)51-43-20-9-8-17-37(43)41-27-31(22-25-44(41)51)32-23-26-45-42(28-32)40-24-21-30-11-4-5-15-35(30)48(40)52(45)49-47-39-18-7-6-16-36(39)38-19-10-12-33(29-50-49)46(38)47/h1-29H. The largest absolute Gasteiger partial charge is 0.309 e. The summed E-state index contributed by atoms with van der Waals surface area (Å²) in [5.41, 5.74) is 13.3. The SMILES string of the molecule is c1ccc(-n2c3ccccc3c3cc(-c4ccc5c(c4)c4ccc6ccccc6c4n5-c4ncc5cccc6c5c4-c4ccccc4-6)ccc32)cc1. The molecule has 0 saturated heterocycles. The highest BCUT2D eigenvalue weighted by Gasteiger charge is 2.27. The molecule has 8 aromatic carbocycles. The van der Waals surface area contributed by atoms with Crippen LogP contribution in [-0.2, 0) is 0 Å². The summed E-state index contributed by atoms with van der Waals surface area (Å²) < 4.78 is 4.81. The van der Waals surface area contributed by atoms with Crippen molar-refractivity contribution >= 4 is 65.2 Å².